The van der Waals surface area contributed by atoms with Gasteiger partial charge in [-0.15, -0.1) is 0 Å². The van der Waals surface area contributed by atoms with E-state index in [0.717, 1.165) is 16.8 Å². The second-order valence-corrected chi connectivity index (χ2v) is 9.59. The molecule has 2 aromatic carbocycles. The molecule has 0 aliphatic carbocycles. The van der Waals surface area contributed by atoms with Crippen molar-refractivity contribution < 1.29 is 23.8 Å². The monoisotopic (exact) mass is 521 g/mol. The van der Waals surface area contributed by atoms with Crippen LogP contribution in [0.15, 0.2) is 70.2 Å². The van der Waals surface area contributed by atoms with E-state index in [2.05, 4.69) is 5.32 Å². The van der Waals surface area contributed by atoms with Crippen molar-refractivity contribution in [2.24, 2.45) is 4.99 Å². The van der Waals surface area contributed by atoms with Crippen molar-refractivity contribution in [1.82, 2.24) is 10.2 Å². The number of methoxy groups -OCH3 is 2. The first-order valence-electron chi connectivity index (χ1n) is 12.1. The van der Waals surface area contributed by atoms with E-state index in [-0.39, 0.29) is 25.0 Å². The third kappa shape index (κ3) is 5.51. The highest BCUT2D eigenvalue weighted by molar-refractivity contribution is 8.16. The van der Waals surface area contributed by atoms with Gasteiger partial charge in [0.05, 0.1) is 44.6 Å². The number of hydrogen-bond donors (Lipinski definition) is 1. The highest BCUT2D eigenvalue weighted by Crippen LogP contribution is 2.48. The van der Waals surface area contributed by atoms with Crippen LogP contribution in [-0.2, 0) is 14.3 Å². The number of nitrogens with zero attached hydrogens (tertiary/aromatic N) is 2. The number of hydrogen-bond acceptors (Lipinski definition) is 8. The molecule has 0 unspecified atom stereocenters. The highest BCUT2D eigenvalue weighted by atomic mass is 32.2. The fourth-order valence-electron chi connectivity index (χ4n) is 4.36. The van der Waals surface area contributed by atoms with E-state index >= 15 is 0 Å². The zero-order valence-corrected chi connectivity index (χ0v) is 22.4. The molecule has 9 heteroatoms. The molecule has 37 heavy (non-hydrogen) atoms. The Morgan fingerprint density at radius 2 is 1.81 bits per heavy atom. The van der Waals surface area contributed by atoms with Crippen molar-refractivity contribution in [2.45, 2.75) is 39.3 Å². The number of amides is 1. The number of fused-ring (bicyclic) bond motifs is 1. The highest BCUT2D eigenvalue weighted by Gasteiger charge is 2.42. The first kappa shape index (κ1) is 26.3. The Bertz CT molecular complexity index is 1270. The van der Waals surface area contributed by atoms with E-state index in [1.54, 1.807) is 21.1 Å². The van der Waals surface area contributed by atoms with Gasteiger partial charge in [0, 0.05) is 17.3 Å². The second kappa shape index (κ2) is 11.6. The Balaban J connectivity index is 1.91. The minimum absolute atomic E-state index is 0.0120. The fraction of sp³-hybridized carbons (Fsp3) is 0.321. The molecule has 2 aromatic rings. The lowest BCUT2D eigenvalue weighted by molar-refractivity contribution is -0.139. The lowest BCUT2D eigenvalue weighted by Gasteiger charge is -2.37. The van der Waals surface area contributed by atoms with Crippen LogP contribution in [0.4, 0.5) is 0 Å². The lowest BCUT2D eigenvalue weighted by Crippen LogP contribution is -2.38. The van der Waals surface area contributed by atoms with Crippen LogP contribution >= 0.6 is 11.8 Å². The predicted octanol–water partition coefficient (Wildman–Crippen LogP) is 4.89. The molecule has 1 amide bonds. The molecular weight excluding hydrogens is 490 g/mol. The molecule has 1 N–H and O–H groups in total. The van der Waals surface area contributed by atoms with Gasteiger partial charge in [0.25, 0.3) is 0 Å². The first-order chi connectivity index (χ1) is 17.9. The fourth-order valence-corrected chi connectivity index (χ4v) is 5.28. The zero-order valence-electron chi connectivity index (χ0n) is 21.6. The number of aliphatic imine (C=N–C) groups is 1. The van der Waals surface area contributed by atoms with Crippen LogP contribution in [0.3, 0.4) is 0 Å². The van der Waals surface area contributed by atoms with Crippen molar-refractivity contribution in [3.8, 4) is 11.5 Å². The number of carbonyl (C=O) groups excluding carboxylic acids is 2. The predicted molar refractivity (Wildman–Crippen MR) is 145 cm³/mol. The van der Waals surface area contributed by atoms with Crippen LogP contribution in [0.2, 0.25) is 0 Å². The molecule has 2 heterocycles. The van der Waals surface area contributed by atoms with Gasteiger partial charge in [-0.05, 0) is 43.9 Å². The molecule has 2 aliphatic heterocycles. The van der Waals surface area contributed by atoms with E-state index in [4.69, 9.17) is 19.2 Å². The molecule has 8 nitrogen and oxygen atoms in total. The van der Waals surface area contributed by atoms with Crippen LogP contribution in [-0.4, -0.2) is 48.8 Å². The summed E-state index contributed by atoms with van der Waals surface area (Å²) in [6, 6.07) is 14.5. The van der Waals surface area contributed by atoms with Crippen LogP contribution < -0.4 is 14.8 Å². The number of amidine groups is 1. The van der Waals surface area contributed by atoms with E-state index in [9.17, 15) is 9.59 Å². The number of ether oxygens (including phenoxy) is 3. The lowest BCUT2D eigenvalue weighted by atomic mass is 9.91. The summed E-state index contributed by atoms with van der Waals surface area (Å²) in [6.45, 7) is 5.83. The number of rotatable bonds is 9. The number of esters is 1. The molecule has 2 aliphatic rings. The molecule has 0 bridgehead atoms. The molecule has 194 valence electrons. The van der Waals surface area contributed by atoms with Gasteiger partial charge in [-0.2, -0.15) is 0 Å². The summed E-state index contributed by atoms with van der Waals surface area (Å²) in [5, 5.41) is 5.55. The summed E-state index contributed by atoms with van der Waals surface area (Å²) < 4.78 is 16.6. The summed E-state index contributed by atoms with van der Waals surface area (Å²) >= 11 is 1.43. The zero-order chi connectivity index (χ0) is 26.5. The summed E-state index contributed by atoms with van der Waals surface area (Å²) in [6.07, 6.45) is 0.144. The molecular formula is C28H31N3O5S. The van der Waals surface area contributed by atoms with Crippen molar-refractivity contribution in [3.63, 3.8) is 0 Å². The molecule has 0 fully saturated rings. The van der Waals surface area contributed by atoms with Crippen LogP contribution in [0.25, 0.3) is 5.70 Å². The quantitative estimate of drug-likeness (QED) is 0.470. The smallest absolute Gasteiger partial charge is 0.338 e. The van der Waals surface area contributed by atoms with E-state index < -0.39 is 12.0 Å². The van der Waals surface area contributed by atoms with Gasteiger partial charge in [-0.3, -0.25) is 4.79 Å². The van der Waals surface area contributed by atoms with E-state index in [0.29, 0.717) is 27.9 Å². The number of nitrogens with one attached hydrogen (secondary N) is 1. The molecule has 0 saturated heterocycles. The Morgan fingerprint density at radius 3 is 2.46 bits per heavy atom. The third-order valence-corrected chi connectivity index (χ3v) is 6.76. The minimum atomic E-state index is -0.602. The first-order valence-corrected chi connectivity index (χ1v) is 13.0. The second-order valence-electron chi connectivity index (χ2n) is 8.76. The van der Waals surface area contributed by atoms with Gasteiger partial charge < -0.3 is 24.4 Å². The van der Waals surface area contributed by atoms with Crippen LogP contribution in [0, 0.1) is 0 Å². The van der Waals surface area contributed by atoms with Crippen LogP contribution in [0.5, 0.6) is 11.5 Å². The number of thioether (sulfide) groups is 1. The molecule has 0 radical (unpaired) electrons. The standard InChI is InChI=1S/C28H31N3O5S/c1-6-36-27(33)24-25(18-10-8-7-9-11-18)30-28-31(20(16-37-28)15-23(32)29-17(2)3)26(24)19-12-13-21(34-4)22(14-19)35-5/h7-14,16-17,26H,6,15H2,1-5H3,(H,29,32)/t26-/m0/s1. The van der Waals surface area contributed by atoms with Crippen LogP contribution in [0.1, 0.15) is 44.4 Å². The SMILES string of the molecule is CCOC(=O)C1=C(c2ccccc2)N=C2SC=C(CC(=O)NC(C)C)N2[C@H]1c1ccc(OC)c(OC)c1. The number of benzene rings is 2. The summed E-state index contributed by atoms with van der Waals surface area (Å²) in [4.78, 5) is 33.2. The van der Waals surface area contributed by atoms with Crippen molar-refractivity contribution >= 4 is 34.5 Å². The molecule has 0 aromatic heterocycles. The maximum absolute atomic E-state index is 13.6. The van der Waals surface area contributed by atoms with Gasteiger partial charge in [0.15, 0.2) is 16.7 Å². The average molecular weight is 522 g/mol. The minimum Gasteiger partial charge on any atom is -0.493 e. The maximum Gasteiger partial charge on any atom is 0.338 e. The average Bonchev–Trinajstić information content (AvgIpc) is 3.29. The Kier molecular flexibility index (Phi) is 8.23. The summed E-state index contributed by atoms with van der Waals surface area (Å²) in [5.41, 5.74) is 3.25. The van der Waals surface area contributed by atoms with Crippen molar-refractivity contribution in [3.05, 3.63) is 76.3 Å². The normalized spacial score (nSPS) is 16.7. The van der Waals surface area contributed by atoms with E-state index in [1.807, 2.05) is 72.7 Å². The Morgan fingerprint density at radius 1 is 1.08 bits per heavy atom. The molecule has 1 atom stereocenters. The topological polar surface area (TPSA) is 89.5 Å². The van der Waals surface area contributed by atoms with Gasteiger partial charge in [-0.25, -0.2) is 9.79 Å². The maximum atomic E-state index is 13.6. The third-order valence-electron chi connectivity index (χ3n) is 5.87. The summed E-state index contributed by atoms with van der Waals surface area (Å²) in [5.74, 6) is 0.531. The summed E-state index contributed by atoms with van der Waals surface area (Å²) in [7, 11) is 3.14. The van der Waals surface area contributed by atoms with Gasteiger partial charge in [0.1, 0.15) is 0 Å². The molecule has 0 saturated carbocycles. The molecule has 0 spiro atoms. The Labute approximate surface area is 221 Å². The van der Waals surface area contributed by atoms with Gasteiger partial charge in [0.2, 0.25) is 5.91 Å². The van der Waals surface area contributed by atoms with Gasteiger partial charge >= 0.3 is 5.97 Å². The van der Waals surface area contributed by atoms with Gasteiger partial charge in [-0.1, -0.05) is 48.2 Å². The molecule has 4 rings (SSSR count). The Hall–Kier alpha value is -3.72. The largest absolute Gasteiger partial charge is 0.493 e. The van der Waals surface area contributed by atoms with Crippen molar-refractivity contribution in [1.29, 1.82) is 0 Å². The number of carbonyl (C=O) groups is 2. The van der Waals surface area contributed by atoms with E-state index in [1.165, 1.54) is 11.8 Å². The van der Waals surface area contributed by atoms with Crippen molar-refractivity contribution in [2.75, 3.05) is 20.8 Å².